The standard InChI is InChI=1S/C15H9N3O2S/c19-14-16-13-9-5-1-3-7-11(9)21-12-8-4-2-6-10(12)18(13)15(20)17-14/h1-8H,(H,17,19,20). The van der Waals surface area contributed by atoms with E-state index in [1.54, 1.807) is 11.8 Å². The molecule has 0 spiro atoms. The molecule has 0 bridgehead atoms. The molecule has 0 amide bonds. The zero-order valence-electron chi connectivity index (χ0n) is 10.7. The molecule has 0 atom stereocenters. The quantitative estimate of drug-likeness (QED) is 0.539. The summed E-state index contributed by atoms with van der Waals surface area (Å²) in [6, 6.07) is 15.2. The Kier molecular flexibility index (Phi) is 2.58. The molecule has 6 heteroatoms. The Balaban J connectivity index is 2.23. The fraction of sp³-hybridized carbons (Fsp3) is 0. The van der Waals surface area contributed by atoms with Crippen molar-refractivity contribution in [3.63, 3.8) is 0 Å². The van der Waals surface area contributed by atoms with Gasteiger partial charge in [-0.2, -0.15) is 4.98 Å². The molecule has 0 unspecified atom stereocenters. The summed E-state index contributed by atoms with van der Waals surface area (Å²) in [6.07, 6.45) is 0. The molecule has 5 nitrogen and oxygen atoms in total. The van der Waals surface area contributed by atoms with Crippen LogP contribution >= 0.6 is 11.8 Å². The van der Waals surface area contributed by atoms with Crippen LogP contribution in [0.4, 0.5) is 0 Å². The molecule has 0 saturated heterocycles. The van der Waals surface area contributed by atoms with Crippen LogP contribution in [0.5, 0.6) is 0 Å². The van der Waals surface area contributed by atoms with Crippen molar-refractivity contribution in [1.29, 1.82) is 0 Å². The van der Waals surface area contributed by atoms with E-state index in [1.807, 2.05) is 48.5 Å². The first-order valence-corrected chi connectivity index (χ1v) is 7.16. The van der Waals surface area contributed by atoms with Gasteiger partial charge in [-0.3, -0.25) is 4.98 Å². The summed E-state index contributed by atoms with van der Waals surface area (Å²) in [5, 5.41) is 0. The third-order valence-corrected chi connectivity index (χ3v) is 4.43. The average molecular weight is 295 g/mol. The molecular formula is C15H9N3O2S. The van der Waals surface area contributed by atoms with Crippen LogP contribution in [-0.4, -0.2) is 14.5 Å². The molecular weight excluding hydrogens is 286 g/mol. The summed E-state index contributed by atoms with van der Waals surface area (Å²) in [5.74, 6) is 0.372. The van der Waals surface area contributed by atoms with Crippen molar-refractivity contribution in [1.82, 2.24) is 14.5 Å². The highest BCUT2D eigenvalue weighted by Gasteiger charge is 2.21. The average Bonchev–Trinajstić information content (AvgIpc) is 2.61. The smallest absolute Gasteiger partial charge is 0.257 e. The Morgan fingerprint density at radius 2 is 1.67 bits per heavy atom. The van der Waals surface area contributed by atoms with E-state index in [9.17, 15) is 9.59 Å². The van der Waals surface area contributed by atoms with Crippen LogP contribution in [-0.2, 0) is 0 Å². The monoisotopic (exact) mass is 295 g/mol. The van der Waals surface area contributed by atoms with Crippen LogP contribution in [0.25, 0.3) is 17.1 Å². The summed E-state index contributed by atoms with van der Waals surface area (Å²) in [7, 11) is 0. The minimum Gasteiger partial charge on any atom is -0.257 e. The van der Waals surface area contributed by atoms with Gasteiger partial charge in [-0.05, 0) is 18.2 Å². The number of aromatic amines is 1. The zero-order valence-corrected chi connectivity index (χ0v) is 11.6. The van der Waals surface area contributed by atoms with Crippen molar-refractivity contribution in [3.8, 4) is 17.1 Å². The van der Waals surface area contributed by atoms with E-state index >= 15 is 0 Å². The number of hydrogen-bond donors (Lipinski definition) is 1. The first-order valence-electron chi connectivity index (χ1n) is 6.34. The SMILES string of the molecule is O=c1nc2n(c(=O)[nH]1)-c1ccccc1Sc1ccccc1-2. The van der Waals surface area contributed by atoms with Crippen LogP contribution in [0.1, 0.15) is 0 Å². The normalized spacial score (nSPS) is 12.0. The number of fused-ring (bicyclic) bond motifs is 5. The molecule has 0 aliphatic carbocycles. The second-order valence-corrected chi connectivity index (χ2v) is 5.66. The van der Waals surface area contributed by atoms with E-state index < -0.39 is 11.4 Å². The molecule has 2 aromatic carbocycles. The van der Waals surface area contributed by atoms with Crippen molar-refractivity contribution in [2.24, 2.45) is 0 Å². The maximum Gasteiger partial charge on any atom is 0.351 e. The molecule has 1 N–H and O–H groups in total. The Morgan fingerprint density at radius 1 is 0.952 bits per heavy atom. The predicted molar refractivity (Wildman–Crippen MR) is 80.0 cm³/mol. The number of para-hydroxylation sites is 1. The second kappa shape index (κ2) is 4.46. The van der Waals surface area contributed by atoms with Crippen molar-refractivity contribution in [3.05, 3.63) is 69.5 Å². The number of nitrogens with one attached hydrogen (secondary N) is 1. The summed E-state index contributed by atoms with van der Waals surface area (Å²) in [6.45, 7) is 0. The van der Waals surface area contributed by atoms with Crippen LogP contribution in [0.2, 0.25) is 0 Å². The lowest BCUT2D eigenvalue weighted by Gasteiger charge is -2.09. The first kappa shape index (κ1) is 12.2. The Hall–Kier alpha value is -2.60. The van der Waals surface area contributed by atoms with E-state index in [-0.39, 0.29) is 0 Å². The van der Waals surface area contributed by atoms with E-state index in [0.29, 0.717) is 5.82 Å². The van der Waals surface area contributed by atoms with E-state index in [4.69, 9.17) is 0 Å². The van der Waals surface area contributed by atoms with Crippen molar-refractivity contribution in [2.75, 3.05) is 0 Å². The van der Waals surface area contributed by atoms with Gasteiger partial charge in [0.25, 0.3) is 0 Å². The summed E-state index contributed by atoms with van der Waals surface area (Å²) < 4.78 is 1.45. The number of rotatable bonds is 0. The molecule has 0 saturated carbocycles. The molecule has 1 aliphatic heterocycles. The van der Waals surface area contributed by atoms with Crippen LogP contribution in [0.3, 0.4) is 0 Å². The van der Waals surface area contributed by atoms with E-state index in [0.717, 1.165) is 21.0 Å². The highest BCUT2D eigenvalue weighted by molar-refractivity contribution is 7.99. The molecule has 102 valence electrons. The summed E-state index contributed by atoms with van der Waals surface area (Å²) in [4.78, 5) is 32.0. The Labute approximate surface area is 123 Å². The van der Waals surface area contributed by atoms with Crippen molar-refractivity contribution < 1.29 is 0 Å². The van der Waals surface area contributed by atoms with Gasteiger partial charge >= 0.3 is 11.4 Å². The van der Waals surface area contributed by atoms with Gasteiger partial charge in [-0.1, -0.05) is 42.1 Å². The third-order valence-electron chi connectivity index (χ3n) is 3.29. The number of nitrogens with zero attached hydrogens (tertiary/aromatic N) is 2. The lowest BCUT2D eigenvalue weighted by Crippen LogP contribution is -2.32. The first-order chi connectivity index (χ1) is 10.2. The highest BCUT2D eigenvalue weighted by Crippen LogP contribution is 2.40. The predicted octanol–water partition coefficient (Wildman–Crippen LogP) is 2.05. The largest absolute Gasteiger partial charge is 0.351 e. The topological polar surface area (TPSA) is 67.8 Å². The fourth-order valence-corrected chi connectivity index (χ4v) is 3.47. The molecule has 0 fully saturated rings. The molecule has 21 heavy (non-hydrogen) atoms. The van der Waals surface area contributed by atoms with Crippen molar-refractivity contribution >= 4 is 11.8 Å². The lowest BCUT2D eigenvalue weighted by molar-refractivity contribution is 0.831. The second-order valence-electron chi connectivity index (χ2n) is 4.57. The van der Waals surface area contributed by atoms with Gasteiger partial charge in [-0.25, -0.2) is 14.2 Å². The molecule has 2 heterocycles. The fourth-order valence-electron chi connectivity index (χ4n) is 2.41. The zero-order chi connectivity index (χ0) is 14.4. The summed E-state index contributed by atoms with van der Waals surface area (Å²) >= 11 is 1.56. The molecule has 0 radical (unpaired) electrons. The molecule has 1 aromatic heterocycles. The van der Waals surface area contributed by atoms with Crippen LogP contribution in [0, 0.1) is 0 Å². The van der Waals surface area contributed by atoms with E-state index in [1.165, 1.54) is 4.57 Å². The highest BCUT2D eigenvalue weighted by atomic mass is 32.2. The van der Waals surface area contributed by atoms with E-state index in [2.05, 4.69) is 9.97 Å². The van der Waals surface area contributed by atoms with Crippen molar-refractivity contribution in [2.45, 2.75) is 9.79 Å². The number of benzene rings is 2. The van der Waals surface area contributed by atoms with Crippen LogP contribution in [0.15, 0.2) is 67.9 Å². The Bertz CT molecular complexity index is 975. The number of hydrogen-bond acceptors (Lipinski definition) is 4. The maximum atomic E-state index is 12.3. The lowest BCUT2D eigenvalue weighted by atomic mass is 10.2. The number of aromatic nitrogens is 3. The van der Waals surface area contributed by atoms with Gasteiger partial charge in [0.15, 0.2) is 5.82 Å². The van der Waals surface area contributed by atoms with Gasteiger partial charge in [0, 0.05) is 15.4 Å². The third kappa shape index (κ3) is 1.84. The molecule has 3 aromatic rings. The van der Waals surface area contributed by atoms with Gasteiger partial charge < -0.3 is 0 Å². The maximum absolute atomic E-state index is 12.3. The van der Waals surface area contributed by atoms with Gasteiger partial charge in [0.05, 0.1) is 5.69 Å². The van der Waals surface area contributed by atoms with Gasteiger partial charge in [0.2, 0.25) is 0 Å². The minimum atomic E-state index is -0.634. The molecule has 4 rings (SSSR count). The van der Waals surface area contributed by atoms with Gasteiger partial charge in [0.1, 0.15) is 0 Å². The minimum absolute atomic E-state index is 0.372. The Morgan fingerprint density at radius 3 is 2.52 bits per heavy atom. The molecule has 1 aliphatic rings. The van der Waals surface area contributed by atoms with Crippen LogP contribution < -0.4 is 11.4 Å². The number of H-pyrrole nitrogens is 1. The summed E-state index contributed by atoms with van der Waals surface area (Å²) in [5.41, 5.74) is 0.393. The van der Waals surface area contributed by atoms with Gasteiger partial charge in [-0.15, -0.1) is 0 Å².